The molecule has 0 amide bonds. The molecule has 146 valence electrons. The van der Waals surface area contributed by atoms with E-state index in [2.05, 4.69) is 28.3 Å². The van der Waals surface area contributed by atoms with Crippen molar-refractivity contribution in [3.63, 3.8) is 0 Å². The molecular formula is C19H28N6O2. The first-order valence-electron chi connectivity index (χ1n) is 9.64. The van der Waals surface area contributed by atoms with Crippen LogP contribution >= 0.6 is 0 Å². The molecule has 8 heteroatoms. The summed E-state index contributed by atoms with van der Waals surface area (Å²) in [5.74, 6) is 2.18. The Morgan fingerprint density at radius 2 is 1.74 bits per heavy atom. The van der Waals surface area contributed by atoms with Gasteiger partial charge in [0, 0.05) is 52.2 Å². The molecule has 3 aromatic rings. The molecule has 0 unspecified atom stereocenters. The minimum Gasteiger partial charge on any atom is -0.313 e. The third kappa shape index (κ3) is 2.82. The molecule has 0 radical (unpaired) electrons. The molecule has 4 rings (SSSR count). The van der Waals surface area contributed by atoms with Crippen molar-refractivity contribution in [2.75, 3.05) is 19.6 Å². The van der Waals surface area contributed by atoms with Gasteiger partial charge in [0.05, 0.1) is 0 Å². The average Bonchev–Trinajstić information content (AvgIpc) is 3.10. The molecule has 1 aliphatic heterocycles. The number of imidazole rings is 2. The number of hydrogen-bond acceptors (Lipinski definition) is 4. The van der Waals surface area contributed by atoms with Crippen LogP contribution < -0.4 is 11.2 Å². The highest BCUT2D eigenvalue weighted by Crippen LogP contribution is 2.21. The van der Waals surface area contributed by atoms with E-state index in [1.807, 2.05) is 17.5 Å². The van der Waals surface area contributed by atoms with Gasteiger partial charge in [0.25, 0.3) is 5.56 Å². The number of rotatable bonds is 3. The highest BCUT2D eigenvalue weighted by atomic mass is 16.2. The molecule has 0 N–H and O–H groups in total. The molecule has 0 aliphatic carbocycles. The van der Waals surface area contributed by atoms with Crippen molar-refractivity contribution in [2.45, 2.75) is 33.7 Å². The second-order valence-electron chi connectivity index (χ2n) is 8.29. The lowest BCUT2D eigenvalue weighted by molar-refractivity contribution is 0.137. The number of fused-ring (bicyclic) bond motifs is 3. The van der Waals surface area contributed by atoms with Gasteiger partial charge in [0.2, 0.25) is 5.78 Å². The molecule has 1 aliphatic rings. The first-order chi connectivity index (χ1) is 12.8. The standard InChI is InChI=1S/C19H28N6O2/c1-12-8-13(2)10-23(9-12)6-7-24-14(3)11-25-15-16(20-18(24)25)21(4)19(27)22(5)17(15)26/h11-13H,6-10H2,1-5H3/t12-,13+. The van der Waals surface area contributed by atoms with Crippen LogP contribution in [0, 0.1) is 18.8 Å². The predicted octanol–water partition coefficient (Wildman–Crippen LogP) is 0.973. The first kappa shape index (κ1) is 18.0. The largest absolute Gasteiger partial charge is 0.332 e. The summed E-state index contributed by atoms with van der Waals surface area (Å²) in [6, 6.07) is 0. The van der Waals surface area contributed by atoms with Crippen molar-refractivity contribution in [3.05, 3.63) is 32.7 Å². The molecule has 0 bridgehead atoms. The zero-order chi connectivity index (χ0) is 19.5. The van der Waals surface area contributed by atoms with Gasteiger partial charge in [-0.15, -0.1) is 0 Å². The number of likely N-dealkylation sites (tertiary alicyclic amines) is 1. The maximum atomic E-state index is 12.6. The van der Waals surface area contributed by atoms with E-state index in [1.54, 1.807) is 7.05 Å². The van der Waals surface area contributed by atoms with Gasteiger partial charge < -0.3 is 9.47 Å². The van der Waals surface area contributed by atoms with E-state index < -0.39 is 0 Å². The Hall–Kier alpha value is -2.35. The Balaban J connectivity index is 1.75. The fraction of sp³-hybridized carbons (Fsp3) is 0.632. The smallest absolute Gasteiger partial charge is 0.313 e. The summed E-state index contributed by atoms with van der Waals surface area (Å²) in [6.07, 6.45) is 3.24. The number of nitrogens with zero attached hydrogens (tertiary/aromatic N) is 6. The van der Waals surface area contributed by atoms with Crippen LogP contribution in [-0.4, -0.2) is 47.6 Å². The SMILES string of the molecule is Cc1cn2c3c(=O)n(C)c(=O)n(C)c3nc2n1CCN1C[C@H](C)C[C@H](C)C1. The highest BCUT2D eigenvalue weighted by Gasteiger charge is 2.23. The van der Waals surface area contributed by atoms with Crippen LogP contribution in [-0.2, 0) is 20.6 Å². The molecule has 8 nitrogen and oxygen atoms in total. The Morgan fingerprint density at radius 3 is 2.41 bits per heavy atom. The van der Waals surface area contributed by atoms with Crippen molar-refractivity contribution in [2.24, 2.45) is 25.9 Å². The van der Waals surface area contributed by atoms with Gasteiger partial charge >= 0.3 is 5.69 Å². The van der Waals surface area contributed by atoms with Crippen LogP contribution in [0.15, 0.2) is 15.8 Å². The normalized spacial score (nSPS) is 21.5. The minimum absolute atomic E-state index is 0.309. The van der Waals surface area contributed by atoms with E-state index in [4.69, 9.17) is 0 Å². The fourth-order valence-corrected chi connectivity index (χ4v) is 4.62. The van der Waals surface area contributed by atoms with Crippen LogP contribution in [0.1, 0.15) is 26.0 Å². The van der Waals surface area contributed by atoms with Crippen LogP contribution in [0.4, 0.5) is 0 Å². The lowest BCUT2D eigenvalue weighted by atomic mass is 9.92. The Labute approximate surface area is 157 Å². The highest BCUT2D eigenvalue weighted by molar-refractivity contribution is 5.75. The second kappa shape index (κ2) is 6.37. The molecule has 0 aromatic carbocycles. The maximum absolute atomic E-state index is 12.6. The predicted molar refractivity (Wildman–Crippen MR) is 105 cm³/mol. The van der Waals surface area contributed by atoms with Gasteiger partial charge in [0.15, 0.2) is 11.2 Å². The van der Waals surface area contributed by atoms with Gasteiger partial charge in [-0.2, -0.15) is 4.98 Å². The number of aromatic nitrogens is 5. The Kier molecular flexibility index (Phi) is 4.25. The number of aryl methyl sites for hydroxylation is 2. The van der Waals surface area contributed by atoms with Crippen molar-refractivity contribution < 1.29 is 0 Å². The second-order valence-corrected chi connectivity index (χ2v) is 8.29. The third-order valence-corrected chi connectivity index (χ3v) is 5.84. The topological polar surface area (TPSA) is 69.5 Å². The van der Waals surface area contributed by atoms with E-state index >= 15 is 0 Å². The molecule has 3 aromatic heterocycles. The lowest BCUT2D eigenvalue weighted by Gasteiger charge is -2.35. The molecule has 1 saturated heterocycles. The number of piperidine rings is 1. The summed E-state index contributed by atoms with van der Waals surface area (Å²) in [4.78, 5) is 32.0. The fourth-order valence-electron chi connectivity index (χ4n) is 4.62. The van der Waals surface area contributed by atoms with Crippen LogP contribution in [0.25, 0.3) is 16.9 Å². The van der Waals surface area contributed by atoms with Crippen LogP contribution in [0.5, 0.6) is 0 Å². The van der Waals surface area contributed by atoms with E-state index in [1.165, 1.54) is 18.0 Å². The summed E-state index contributed by atoms with van der Waals surface area (Å²) in [5.41, 5.74) is 1.29. The first-order valence-corrected chi connectivity index (χ1v) is 9.64. The summed E-state index contributed by atoms with van der Waals surface area (Å²) in [6.45, 7) is 10.7. The van der Waals surface area contributed by atoms with E-state index in [0.29, 0.717) is 11.2 Å². The quantitative estimate of drug-likeness (QED) is 0.687. The Morgan fingerprint density at radius 1 is 1.07 bits per heavy atom. The molecule has 27 heavy (non-hydrogen) atoms. The monoisotopic (exact) mass is 372 g/mol. The Bertz CT molecular complexity index is 1120. The molecule has 0 saturated carbocycles. The zero-order valence-corrected chi connectivity index (χ0v) is 16.8. The van der Waals surface area contributed by atoms with Gasteiger partial charge in [-0.05, 0) is 25.2 Å². The van der Waals surface area contributed by atoms with Crippen molar-refractivity contribution >= 4 is 16.9 Å². The summed E-state index contributed by atoms with van der Waals surface area (Å²) in [7, 11) is 3.16. The van der Waals surface area contributed by atoms with Crippen molar-refractivity contribution in [1.82, 2.24) is 28.0 Å². The molecular weight excluding hydrogens is 344 g/mol. The summed E-state index contributed by atoms with van der Waals surface area (Å²) in [5, 5.41) is 0. The van der Waals surface area contributed by atoms with Gasteiger partial charge in [-0.1, -0.05) is 13.8 Å². The molecule has 4 heterocycles. The average molecular weight is 372 g/mol. The van der Waals surface area contributed by atoms with Gasteiger partial charge in [0.1, 0.15) is 0 Å². The van der Waals surface area contributed by atoms with Crippen molar-refractivity contribution in [1.29, 1.82) is 0 Å². The third-order valence-electron chi connectivity index (χ3n) is 5.84. The van der Waals surface area contributed by atoms with Gasteiger partial charge in [-0.25, -0.2) is 4.79 Å². The molecule has 0 spiro atoms. The zero-order valence-electron chi connectivity index (χ0n) is 16.8. The van der Waals surface area contributed by atoms with Gasteiger partial charge in [-0.3, -0.25) is 18.3 Å². The van der Waals surface area contributed by atoms with E-state index in [-0.39, 0.29) is 11.2 Å². The van der Waals surface area contributed by atoms with Crippen molar-refractivity contribution in [3.8, 4) is 0 Å². The lowest BCUT2D eigenvalue weighted by Crippen LogP contribution is -2.40. The maximum Gasteiger partial charge on any atom is 0.332 e. The minimum atomic E-state index is -0.354. The number of hydrogen-bond donors (Lipinski definition) is 0. The van der Waals surface area contributed by atoms with Crippen LogP contribution in [0.2, 0.25) is 0 Å². The van der Waals surface area contributed by atoms with Crippen LogP contribution in [0.3, 0.4) is 0 Å². The molecule has 2 atom stereocenters. The summed E-state index contributed by atoms with van der Waals surface area (Å²) >= 11 is 0. The van der Waals surface area contributed by atoms with E-state index in [9.17, 15) is 9.59 Å². The van der Waals surface area contributed by atoms with E-state index in [0.717, 1.165) is 54.1 Å². The molecule has 1 fully saturated rings. The summed E-state index contributed by atoms with van der Waals surface area (Å²) < 4.78 is 6.55.